The summed E-state index contributed by atoms with van der Waals surface area (Å²) < 4.78 is 35.9. The highest BCUT2D eigenvalue weighted by atomic mass is 19.3. The Hall–Kier alpha value is -2.54. The van der Waals surface area contributed by atoms with E-state index in [9.17, 15) is 9.59 Å². The quantitative estimate of drug-likeness (QED) is 0.670. The number of amides is 2. The minimum absolute atomic E-state index is 0.0922. The number of alkyl halides is 2. The van der Waals surface area contributed by atoms with Crippen LogP contribution in [0.2, 0.25) is 0 Å². The molecule has 3 unspecified atom stereocenters. The Morgan fingerprint density at radius 3 is 2.50 bits per heavy atom. The highest BCUT2D eigenvalue weighted by Gasteiger charge is 2.62. The van der Waals surface area contributed by atoms with E-state index in [2.05, 4.69) is 5.32 Å². The van der Waals surface area contributed by atoms with Crippen LogP contribution in [0.25, 0.3) is 10.8 Å². The van der Waals surface area contributed by atoms with Crippen molar-refractivity contribution in [1.29, 1.82) is 0 Å². The van der Waals surface area contributed by atoms with Gasteiger partial charge in [-0.2, -0.15) is 0 Å². The molecule has 5 atom stereocenters. The summed E-state index contributed by atoms with van der Waals surface area (Å²) in [5, 5.41) is 4.76. The number of fused-ring (bicyclic) bond motifs is 4. The van der Waals surface area contributed by atoms with Crippen molar-refractivity contribution in [2.75, 3.05) is 7.11 Å². The molecule has 182 valence electrons. The van der Waals surface area contributed by atoms with Crippen LogP contribution >= 0.6 is 0 Å². The van der Waals surface area contributed by atoms with Gasteiger partial charge >= 0.3 is 0 Å². The first-order chi connectivity index (χ1) is 16.2. The molecule has 0 spiro atoms. The Kier molecular flexibility index (Phi) is 5.66. The van der Waals surface area contributed by atoms with E-state index in [0.29, 0.717) is 17.9 Å². The maximum Gasteiger partial charge on any atom is 0.260 e. The summed E-state index contributed by atoms with van der Waals surface area (Å²) >= 11 is 0. The molecule has 4 aliphatic rings. The average molecular weight is 471 g/mol. The maximum atomic E-state index is 15.0. The maximum absolute atomic E-state index is 15.0. The van der Waals surface area contributed by atoms with E-state index in [-0.39, 0.29) is 12.5 Å². The van der Waals surface area contributed by atoms with Crippen molar-refractivity contribution < 1.29 is 23.1 Å². The Bertz CT molecular complexity index is 1110. The van der Waals surface area contributed by atoms with Crippen LogP contribution in [-0.4, -0.2) is 47.9 Å². The zero-order chi connectivity index (χ0) is 24.3. The van der Waals surface area contributed by atoms with E-state index in [1.54, 1.807) is 6.92 Å². The first-order valence-corrected chi connectivity index (χ1v) is 12.2. The summed E-state index contributed by atoms with van der Waals surface area (Å²) in [5.41, 5.74) is -0.759. The monoisotopic (exact) mass is 470 g/mol. The fourth-order valence-corrected chi connectivity index (χ4v) is 6.02. The first kappa shape index (κ1) is 23.2. The summed E-state index contributed by atoms with van der Waals surface area (Å²) in [5.74, 6) is -4.70. The van der Waals surface area contributed by atoms with E-state index in [4.69, 9.17) is 4.74 Å². The number of benzene rings is 2. The SMILES string of the molecule is COC(C)(C(=O)N1C2CCC([C@H]1C(=O)N[C@@H](C)C1CC1)C(F)(F)C2)c1cccc2ccccc12. The summed E-state index contributed by atoms with van der Waals surface area (Å²) in [7, 11) is 1.46. The summed E-state index contributed by atoms with van der Waals surface area (Å²) in [6.07, 6.45) is 2.33. The number of hydrogen-bond acceptors (Lipinski definition) is 3. The van der Waals surface area contributed by atoms with Crippen LogP contribution in [0.4, 0.5) is 8.78 Å². The van der Waals surface area contributed by atoms with E-state index in [0.717, 1.165) is 23.6 Å². The van der Waals surface area contributed by atoms with E-state index in [1.807, 2.05) is 49.4 Å². The molecule has 2 bridgehead atoms. The molecule has 2 amide bonds. The van der Waals surface area contributed by atoms with Crippen molar-refractivity contribution in [2.24, 2.45) is 11.8 Å². The van der Waals surface area contributed by atoms with Crippen molar-refractivity contribution in [3.8, 4) is 0 Å². The molecule has 0 aromatic heterocycles. The summed E-state index contributed by atoms with van der Waals surface area (Å²) in [4.78, 5) is 29.1. The molecule has 5 nitrogen and oxygen atoms in total. The number of ether oxygens (including phenoxy) is 1. The summed E-state index contributed by atoms with van der Waals surface area (Å²) in [6, 6.07) is 11.3. The fraction of sp³-hybridized carbons (Fsp3) is 0.556. The zero-order valence-corrected chi connectivity index (χ0v) is 19.9. The molecule has 2 heterocycles. The lowest BCUT2D eigenvalue weighted by molar-refractivity contribution is -0.204. The van der Waals surface area contributed by atoms with Gasteiger partial charge in [-0.05, 0) is 56.2 Å². The topological polar surface area (TPSA) is 58.6 Å². The van der Waals surface area contributed by atoms with Crippen molar-refractivity contribution in [1.82, 2.24) is 10.2 Å². The minimum Gasteiger partial charge on any atom is -0.364 e. The number of carbonyl (C=O) groups is 2. The van der Waals surface area contributed by atoms with Gasteiger partial charge in [0.25, 0.3) is 11.8 Å². The number of nitrogens with one attached hydrogen (secondary N) is 1. The van der Waals surface area contributed by atoms with Crippen molar-refractivity contribution in [2.45, 2.75) is 75.6 Å². The highest BCUT2D eigenvalue weighted by Crippen LogP contribution is 2.50. The van der Waals surface area contributed by atoms with Gasteiger partial charge in [-0.1, -0.05) is 42.5 Å². The molecule has 2 saturated carbocycles. The van der Waals surface area contributed by atoms with Gasteiger partial charge in [0.1, 0.15) is 6.04 Å². The second kappa shape index (κ2) is 8.29. The molecule has 34 heavy (non-hydrogen) atoms. The van der Waals surface area contributed by atoms with Crippen LogP contribution in [0.5, 0.6) is 0 Å². The molecule has 6 rings (SSSR count). The molecule has 2 aromatic rings. The van der Waals surface area contributed by atoms with Crippen LogP contribution < -0.4 is 5.32 Å². The largest absolute Gasteiger partial charge is 0.364 e. The second-order valence-corrected chi connectivity index (χ2v) is 10.4. The Balaban J connectivity index is 1.55. The molecule has 0 radical (unpaired) electrons. The number of piperidine rings is 2. The highest BCUT2D eigenvalue weighted by molar-refractivity contribution is 5.97. The predicted octanol–water partition coefficient (Wildman–Crippen LogP) is 4.63. The average Bonchev–Trinajstić information content (AvgIpc) is 3.67. The molecule has 7 heteroatoms. The van der Waals surface area contributed by atoms with Crippen LogP contribution in [0.15, 0.2) is 42.5 Å². The van der Waals surface area contributed by atoms with Gasteiger partial charge < -0.3 is 15.0 Å². The molecule has 2 aromatic carbocycles. The lowest BCUT2D eigenvalue weighted by Gasteiger charge is -2.55. The second-order valence-electron chi connectivity index (χ2n) is 10.4. The number of carbonyl (C=O) groups excluding carboxylic acids is 2. The third-order valence-electron chi connectivity index (χ3n) is 8.26. The van der Waals surface area contributed by atoms with E-state index >= 15 is 8.78 Å². The van der Waals surface area contributed by atoms with Gasteiger partial charge in [0.2, 0.25) is 5.91 Å². The summed E-state index contributed by atoms with van der Waals surface area (Å²) in [6.45, 7) is 3.59. The smallest absolute Gasteiger partial charge is 0.260 e. The third-order valence-corrected chi connectivity index (χ3v) is 8.26. The fourth-order valence-electron chi connectivity index (χ4n) is 6.02. The van der Waals surface area contributed by atoms with Crippen LogP contribution in [0.1, 0.15) is 51.5 Å². The number of halogens is 2. The molecule has 2 saturated heterocycles. The first-order valence-electron chi connectivity index (χ1n) is 12.2. The number of hydrogen-bond donors (Lipinski definition) is 1. The van der Waals surface area contributed by atoms with Gasteiger partial charge in [0.15, 0.2) is 5.60 Å². The normalized spacial score (nSPS) is 28.4. The lowest BCUT2D eigenvalue weighted by atomic mass is 9.70. The Labute approximate surface area is 198 Å². The van der Waals surface area contributed by atoms with Gasteiger partial charge in [-0.25, -0.2) is 8.78 Å². The Morgan fingerprint density at radius 1 is 1.12 bits per heavy atom. The lowest BCUT2D eigenvalue weighted by Crippen LogP contribution is -2.70. The predicted molar refractivity (Wildman–Crippen MR) is 125 cm³/mol. The standard InChI is InChI=1S/C27H32F2N2O3/c1-16(17-11-12-17)30-24(32)23-22-14-13-19(15-27(22,28)29)31(23)25(33)26(2,34-3)21-10-6-8-18-7-4-5-9-20(18)21/h4-10,16-17,19,22-23H,11-15H2,1-3H3,(H,30,32)/t16-,19?,22?,23-,26?/m0/s1. The molecular formula is C27H32F2N2O3. The third kappa shape index (κ3) is 3.69. The van der Waals surface area contributed by atoms with Crippen LogP contribution in [0.3, 0.4) is 0 Å². The molecular weight excluding hydrogens is 438 g/mol. The van der Waals surface area contributed by atoms with Gasteiger partial charge in [-0.3, -0.25) is 9.59 Å². The number of rotatable bonds is 6. The number of nitrogens with zero attached hydrogens (tertiary/aromatic N) is 1. The van der Waals surface area contributed by atoms with Crippen LogP contribution in [-0.2, 0) is 19.9 Å². The van der Waals surface area contributed by atoms with E-state index in [1.165, 1.54) is 12.0 Å². The van der Waals surface area contributed by atoms with Gasteiger partial charge in [-0.15, -0.1) is 0 Å². The molecule has 2 aliphatic heterocycles. The van der Waals surface area contributed by atoms with Gasteiger partial charge in [0.05, 0.1) is 5.92 Å². The van der Waals surface area contributed by atoms with Crippen molar-refractivity contribution in [3.63, 3.8) is 0 Å². The Morgan fingerprint density at radius 2 is 1.82 bits per heavy atom. The molecule has 1 N–H and O–H groups in total. The van der Waals surface area contributed by atoms with E-state index < -0.39 is 47.8 Å². The van der Waals surface area contributed by atoms with Crippen LogP contribution in [0, 0.1) is 11.8 Å². The minimum atomic E-state index is -2.98. The molecule has 2 aliphatic carbocycles. The van der Waals surface area contributed by atoms with Gasteiger partial charge in [0, 0.05) is 31.2 Å². The number of methoxy groups -OCH3 is 1. The van der Waals surface area contributed by atoms with Crippen molar-refractivity contribution >= 4 is 22.6 Å². The molecule has 4 fully saturated rings. The van der Waals surface area contributed by atoms with Crippen molar-refractivity contribution in [3.05, 3.63) is 48.0 Å². The zero-order valence-electron chi connectivity index (χ0n) is 19.9.